The van der Waals surface area contributed by atoms with E-state index < -0.39 is 0 Å². The molecule has 2 aromatic carbocycles. The van der Waals surface area contributed by atoms with Crippen LogP contribution in [0.25, 0.3) is 22.2 Å². The van der Waals surface area contributed by atoms with Crippen LogP contribution in [0.15, 0.2) is 36.4 Å². The van der Waals surface area contributed by atoms with Crippen molar-refractivity contribution < 1.29 is 9.53 Å². The summed E-state index contributed by atoms with van der Waals surface area (Å²) in [6, 6.07) is 12.1. The minimum atomic E-state index is -0.339. The first-order chi connectivity index (χ1) is 11.9. The van der Waals surface area contributed by atoms with Crippen molar-refractivity contribution in [1.82, 2.24) is 4.98 Å². The van der Waals surface area contributed by atoms with Gasteiger partial charge in [0, 0.05) is 10.9 Å². The van der Waals surface area contributed by atoms with E-state index in [0.717, 1.165) is 50.2 Å². The number of fused-ring (bicyclic) bond motifs is 1. The normalized spacial score (nSPS) is 10.9. The van der Waals surface area contributed by atoms with E-state index >= 15 is 0 Å². The second-order valence-electron chi connectivity index (χ2n) is 6.46. The molecular weight excluding hydrogens is 312 g/mol. The number of amides is 1. The van der Waals surface area contributed by atoms with Gasteiger partial charge in [0.25, 0.3) is 0 Å². The molecular formula is C21H22N2O2. The summed E-state index contributed by atoms with van der Waals surface area (Å²) in [5.74, 6) is 0.538. The highest BCUT2D eigenvalue weighted by Gasteiger charge is 2.11. The van der Waals surface area contributed by atoms with Gasteiger partial charge in [0.15, 0.2) is 0 Å². The number of methoxy groups -OCH3 is 1. The van der Waals surface area contributed by atoms with Crippen LogP contribution in [0.3, 0.4) is 0 Å². The Bertz CT molecular complexity index is 977. The Morgan fingerprint density at radius 3 is 2.48 bits per heavy atom. The standard InChI is InChI=1S/C21H22N2O2/c1-12-8-18(17-7-14(3)20(25-4)9-13(17)2)23-19-10-15(11-21(22)24)5-6-16(12)19/h5-10H,11H2,1-4H3,(H2,22,24). The quantitative estimate of drug-likeness (QED) is 0.788. The van der Waals surface area contributed by atoms with E-state index in [1.807, 2.05) is 31.2 Å². The molecule has 0 aliphatic carbocycles. The highest BCUT2D eigenvalue weighted by molar-refractivity contribution is 5.87. The molecule has 2 N–H and O–H groups in total. The minimum Gasteiger partial charge on any atom is -0.496 e. The van der Waals surface area contributed by atoms with Crippen molar-refractivity contribution in [2.24, 2.45) is 5.73 Å². The number of rotatable bonds is 4. The fourth-order valence-corrected chi connectivity index (χ4v) is 3.18. The van der Waals surface area contributed by atoms with E-state index in [0.29, 0.717) is 0 Å². The van der Waals surface area contributed by atoms with Crippen LogP contribution in [0.4, 0.5) is 0 Å². The van der Waals surface area contributed by atoms with Crippen molar-refractivity contribution in [3.05, 3.63) is 58.7 Å². The predicted octanol–water partition coefficient (Wildman–Crippen LogP) is 3.86. The lowest BCUT2D eigenvalue weighted by Gasteiger charge is -2.13. The first kappa shape index (κ1) is 17.0. The van der Waals surface area contributed by atoms with E-state index in [-0.39, 0.29) is 12.3 Å². The summed E-state index contributed by atoms with van der Waals surface area (Å²) in [7, 11) is 1.68. The largest absolute Gasteiger partial charge is 0.496 e. The Hall–Kier alpha value is -2.88. The molecule has 0 aliphatic rings. The van der Waals surface area contributed by atoms with Crippen LogP contribution in [0.2, 0.25) is 0 Å². The van der Waals surface area contributed by atoms with E-state index in [9.17, 15) is 4.79 Å². The molecule has 4 nitrogen and oxygen atoms in total. The summed E-state index contributed by atoms with van der Waals surface area (Å²) in [5, 5.41) is 1.08. The molecule has 0 radical (unpaired) electrons. The summed E-state index contributed by atoms with van der Waals surface area (Å²) < 4.78 is 5.40. The van der Waals surface area contributed by atoms with E-state index in [1.165, 1.54) is 0 Å². The van der Waals surface area contributed by atoms with Gasteiger partial charge in [0.2, 0.25) is 5.91 Å². The summed E-state index contributed by atoms with van der Waals surface area (Å²) >= 11 is 0. The number of hydrogen-bond donors (Lipinski definition) is 1. The van der Waals surface area contributed by atoms with Crippen LogP contribution < -0.4 is 10.5 Å². The van der Waals surface area contributed by atoms with Crippen LogP contribution in [0.1, 0.15) is 22.3 Å². The maximum absolute atomic E-state index is 11.2. The van der Waals surface area contributed by atoms with E-state index in [2.05, 4.69) is 26.0 Å². The second kappa shape index (κ2) is 6.55. The highest BCUT2D eigenvalue weighted by atomic mass is 16.5. The topological polar surface area (TPSA) is 65.2 Å². The summed E-state index contributed by atoms with van der Waals surface area (Å²) in [4.78, 5) is 16.0. The van der Waals surface area contributed by atoms with Gasteiger partial charge in [-0.1, -0.05) is 12.1 Å². The molecule has 0 unspecified atom stereocenters. The second-order valence-corrected chi connectivity index (χ2v) is 6.46. The van der Waals surface area contributed by atoms with Crippen LogP contribution in [0.5, 0.6) is 5.75 Å². The number of primary amides is 1. The Morgan fingerprint density at radius 1 is 1.04 bits per heavy atom. The van der Waals surface area contributed by atoms with Gasteiger partial charge in [-0.15, -0.1) is 0 Å². The van der Waals surface area contributed by atoms with Crippen LogP contribution >= 0.6 is 0 Å². The number of pyridine rings is 1. The number of hydrogen-bond acceptors (Lipinski definition) is 3. The molecule has 1 amide bonds. The van der Waals surface area contributed by atoms with Crippen molar-refractivity contribution in [3.63, 3.8) is 0 Å². The third-order valence-corrected chi connectivity index (χ3v) is 4.48. The van der Waals surface area contributed by atoms with Crippen molar-refractivity contribution in [1.29, 1.82) is 0 Å². The fourth-order valence-electron chi connectivity index (χ4n) is 3.18. The van der Waals surface area contributed by atoms with Crippen LogP contribution in [-0.4, -0.2) is 18.0 Å². The number of nitrogens with zero attached hydrogens (tertiary/aromatic N) is 1. The number of aromatic nitrogens is 1. The lowest BCUT2D eigenvalue weighted by Crippen LogP contribution is -2.13. The SMILES string of the molecule is COc1cc(C)c(-c2cc(C)c3ccc(CC(N)=O)cc3n2)cc1C. The molecule has 3 rings (SSSR count). The van der Waals surface area contributed by atoms with Gasteiger partial charge >= 0.3 is 0 Å². The van der Waals surface area contributed by atoms with Gasteiger partial charge < -0.3 is 10.5 Å². The zero-order chi connectivity index (χ0) is 18.1. The Labute approximate surface area is 147 Å². The average molecular weight is 334 g/mol. The van der Waals surface area contributed by atoms with Crippen molar-refractivity contribution in [2.45, 2.75) is 27.2 Å². The smallest absolute Gasteiger partial charge is 0.221 e. The van der Waals surface area contributed by atoms with Gasteiger partial charge in [0.1, 0.15) is 5.75 Å². The number of carbonyl (C=O) groups is 1. The number of carbonyl (C=O) groups excluding carboxylic acids is 1. The molecule has 128 valence electrons. The molecule has 4 heteroatoms. The van der Waals surface area contributed by atoms with Gasteiger partial charge in [-0.05, 0) is 67.3 Å². The van der Waals surface area contributed by atoms with E-state index in [4.69, 9.17) is 15.5 Å². The molecule has 1 aromatic heterocycles. The van der Waals surface area contributed by atoms with Crippen molar-refractivity contribution >= 4 is 16.8 Å². The van der Waals surface area contributed by atoms with Gasteiger partial charge in [-0.2, -0.15) is 0 Å². The number of nitrogens with two attached hydrogens (primary N) is 1. The zero-order valence-corrected chi connectivity index (χ0v) is 15.0. The van der Waals surface area contributed by atoms with Crippen molar-refractivity contribution in [2.75, 3.05) is 7.11 Å². The van der Waals surface area contributed by atoms with Crippen molar-refractivity contribution in [3.8, 4) is 17.0 Å². The maximum atomic E-state index is 11.2. The number of ether oxygens (including phenoxy) is 1. The molecule has 0 aliphatic heterocycles. The van der Waals surface area contributed by atoms with Gasteiger partial charge in [-0.25, -0.2) is 4.98 Å². The summed E-state index contributed by atoms with van der Waals surface area (Å²) in [6.45, 7) is 6.16. The minimum absolute atomic E-state index is 0.224. The Balaban J connectivity index is 2.17. The molecule has 0 saturated carbocycles. The van der Waals surface area contributed by atoms with Gasteiger partial charge in [0.05, 0.1) is 24.7 Å². The maximum Gasteiger partial charge on any atom is 0.221 e. The molecule has 0 bridgehead atoms. The fraction of sp³-hybridized carbons (Fsp3) is 0.238. The molecule has 0 atom stereocenters. The molecule has 0 saturated heterocycles. The van der Waals surface area contributed by atoms with Crippen LogP contribution in [-0.2, 0) is 11.2 Å². The Kier molecular flexibility index (Phi) is 4.45. The highest BCUT2D eigenvalue weighted by Crippen LogP contribution is 2.31. The third kappa shape index (κ3) is 3.33. The summed E-state index contributed by atoms with van der Waals surface area (Å²) in [5.41, 5.74) is 12.4. The Morgan fingerprint density at radius 2 is 1.80 bits per heavy atom. The first-order valence-corrected chi connectivity index (χ1v) is 8.23. The zero-order valence-electron chi connectivity index (χ0n) is 15.0. The first-order valence-electron chi connectivity index (χ1n) is 8.23. The molecule has 25 heavy (non-hydrogen) atoms. The molecule has 0 spiro atoms. The van der Waals surface area contributed by atoms with E-state index in [1.54, 1.807) is 7.11 Å². The lowest BCUT2D eigenvalue weighted by atomic mass is 9.98. The van der Waals surface area contributed by atoms with Gasteiger partial charge in [-0.3, -0.25) is 4.79 Å². The lowest BCUT2D eigenvalue weighted by molar-refractivity contribution is -0.117. The third-order valence-electron chi connectivity index (χ3n) is 4.48. The summed E-state index contributed by atoms with van der Waals surface area (Å²) in [6.07, 6.45) is 0.224. The predicted molar refractivity (Wildman–Crippen MR) is 101 cm³/mol. The van der Waals surface area contributed by atoms with Crippen LogP contribution in [0, 0.1) is 20.8 Å². The number of aryl methyl sites for hydroxylation is 3. The number of benzene rings is 2. The average Bonchev–Trinajstić information content (AvgIpc) is 2.55. The molecule has 1 heterocycles. The monoisotopic (exact) mass is 334 g/mol. The molecule has 0 fully saturated rings. The molecule has 3 aromatic rings.